The number of aromatic nitrogens is 1. The van der Waals surface area contributed by atoms with Crippen molar-refractivity contribution in [3.63, 3.8) is 0 Å². The summed E-state index contributed by atoms with van der Waals surface area (Å²) in [5.41, 5.74) is 2.81. The van der Waals surface area contributed by atoms with Crippen LogP contribution in [0.2, 0.25) is 5.02 Å². The third-order valence-electron chi connectivity index (χ3n) is 3.76. The van der Waals surface area contributed by atoms with Gasteiger partial charge in [0.05, 0.1) is 7.11 Å². The lowest BCUT2D eigenvalue weighted by Crippen LogP contribution is -2.25. The largest absolute Gasteiger partial charge is 0.497 e. The van der Waals surface area contributed by atoms with Crippen molar-refractivity contribution in [1.29, 1.82) is 0 Å². The van der Waals surface area contributed by atoms with Crippen LogP contribution in [-0.4, -0.2) is 24.5 Å². The van der Waals surface area contributed by atoms with E-state index in [0.717, 1.165) is 23.1 Å². The number of carbonyl (C=O) groups excluding carboxylic acids is 1. The molecule has 0 saturated heterocycles. The second-order valence-electron chi connectivity index (χ2n) is 5.24. The fourth-order valence-electron chi connectivity index (χ4n) is 2.51. The van der Waals surface area contributed by atoms with Gasteiger partial charge in [-0.05, 0) is 48.4 Å². The molecular weight excluding hydrogens is 312 g/mol. The van der Waals surface area contributed by atoms with Crippen molar-refractivity contribution in [2.24, 2.45) is 0 Å². The number of nitrogens with one attached hydrogen (secondary N) is 2. The normalized spacial score (nSPS) is 10.7. The van der Waals surface area contributed by atoms with Gasteiger partial charge in [-0.3, -0.25) is 4.79 Å². The molecule has 0 saturated carbocycles. The highest BCUT2D eigenvalue weighted by Gasteiger charge is 2.07. The van der Waals surface area contributed by atoms with Crippen LogP contribution in [0, 0.1) is 0 Å². The van der Waals surface area contributed by atoms with Crippen LogP contribution < -0.4 is 10.1 Å². The molecule has 0 atom stereocenters. The summed E-state index contributed by atoms with van der Waals surface area (Å²) in [5, 5.41) is 4.69. The smallest absolute Gasteiger partial charge is 0.251 e. The fraction of sp³-hybridized carbons (Fsp3) is 0.167. The van der Waals surface area contributed by atoms with E-state index in [1.54, 1.807) is 31.4 Å². The topological polar surface area (TPSA) is 54.1 Å². The Hall–Kier alpha value is -2.46. The molecule has 0 aliphatic rings. The van der Waals surface area contributed by atoms with Crippen molar-refractivity contribution >= 4 is 28.4 Å². The van der Waals surface area contributed by atoms with Crippen molar-refractivity contribution < 1.29 is 9.53 Å². The number of fused-ring (bicyclic) bond motifs is 1. The van der Waals surface area contributed by atoms with Gasteiger partial charge in [-0.1, -0.05) is 11.6 Å². The molecule has 0 aliphatic carbocycles. The van der Waals surface area contributed by atoms with E-state index in [4.69, 9.17) is 16.3 Å². The van der Waals surface area contributed by atoms with E-state index in [1.165, 1.54) is 5.56 Å². The minimum Gasteiger partial charge on any atom is -0.497 e. The monoisotopic (exact) mass is 328 g/mol. The van der Waals surface area contributed by atoms with Gasteiger partial charge in [0.25, 0.3) is 5.91 Å². The summed E-state index contributed by atoms with van der Waals surface area (Å²) in [7, 11) is 1.65. The van der Waals surface area contributed by atoms with Gasteiger partial charge < -0.3 is 15.0 Å². The van der Waals surface area contributed by atoms with Gasteiger partial charge >= 0.3 is 0 Å². The Kier molecular flexibility index (Phi) is 4.53. The lowest BCUT2D eigenvalue weighted by atomic mass is 10.1. The van der Waals surface area contributed by atoms with Crippen molar-refractivity contribution in [2.45, 2.75) is 6.42 Å². The number of amides is 1. The summed E-state index contributed by atoms with van der Waals surface area (Å²) >= 11 is 5.82. The summed E-state index contributed by atoms with van der Waals surface area (Å²) in [5.74, 6) is 0.727. The van der Waals surface area contributed by atoms with E-state index < -0.39 is 0 Å². The molecule has 118 valence electrons. The highest BCUT2D eigenvalue weighted by Crippen LogP contribution is 2.23. The van der Waals surface area contributed by atoms with Crippen LogP contribution in [0.5, 0.6) is 5.75 Å². The minimum atomic E-state index is -0.0943. The Morgan fingerprint density at radius 3 is 2.74 bits per heavy atom. The number of hydrogen-bond donors (Lipinski definition) is 2. The molecule has 2 aromatic carbocycles. The molecule has 0 unspecified atom stereocenters. The molecule has 5 heteroatoms. The highest BCUT2D eigenvalue weighted by molar-refractivity contribution is 6.30. The fourth-order valence-corrected chi connectivity index (χ4v) is 2.64. The van der Waals surface area contributed by atoms with Crippen LogP contribution >= 0.6 is 11.6 Å². The molecule has 3 rings (SSSR count). The number of hydrogen-bond acceptors (Lipinski definition) is 2. The molecule has 0 bridgehead atoms. The van der Waals surface area contributed by atoms with Crippen LogP contribution in [0.3, 0.4) is 0 Å². The molecule has 3 aromatic rings. The number of benzene rings is 2. The van der Waals surface area contributed by atoms with Gasteiger partial charge in [0.1, 0.15) is 5.75 Å². The highest BCUT2D eigenvalue weighted by atomic mass is 35.5. The van der Waals surface area contributed by atoms with E-state index in [1.807, 2.05) is 24.4 Å². The summed E-state index contributed by atoms with van der Waals surface area (Å²) in [6.07, 6.45) is 2.73. The Labute approximate surface area is 139 Å². The van der Waals surface area contributed by atoms with Crippen LogP contribution in [0.15, 0.2) is 48.7 Å². The van der Waals surface area contributed by atoms with Gasteiger partial charge in [-0.2, -0.15) is 0 Å². The molecule has 0 radical (unpaired) electrons. The second-order valence-corrected chi connectivity index (χ2v) is 5.67. The van der Waals surface area contributed by atoms with E-state index in [9.17, 15) is 4.79 Å². The van der Waals surface area contributed by atoms with Gasteiger partial charge in [0.2, 0.25) is 0 Å². The summed E-state index contributed by atoms with van der Waals surface area (Å²) in [6, 6.07) is 12.8. The summed E-state index contributed by atoms with van der Waals surface area (Å²) < 4.78 is 5.22. The quantitative estimate of drug-likeness (QED) is 0.748. The van der Waals surface area contributed by atoms with Crippen molar-refractivity contribution in [3.8, 4) is 5.75 Å². The molecule has 1 aromatic heterocycles. The third kappa shape index (κ3) is 3.48. The molecule has 0 fully saturated rings. The van der Waals surface area contributed by atoms with E-state index in [0.29, 0.717) is 17.1 Å². The first kappa shape index (κ1) is 15.4. The maximum absolute atomic E-state index is 12.1. The second kappa shape index (κ2) is 6.75. The Bertz CT molecular complexity index is 825. The maximum Gasteiger partial charge on any atom is 0.251 e. The van der Waals surface area contributed by atoms with Crippen LogP contribution in [-0.2, 0) is 6.42 Å². The number of carbonyl (C=O) groups is 1. The molecular formula is C18H17ClN2O2. The van der Waals surface area contributed by atoms with Crippen molar-refractivity contribution in [2.75, 3.05) is 13.7 Å². The Morgan fingerprint density at radius 2 is 2.00 bits per heavy atom. The number of H-pyrrole nitrogens is 1. The summed E-state index contributed by atoms with van der Waals surface area (Å²) in [4.78, 5) is 15.3. The van der Waals surface area contributed by atoms with Crippen LogP contribution in [0.25, 0.3) is 10.9 Å². The van der Waals surface area contributed by atoms with E-state index >= 15 is 0 Å². The number of methoxy groups -OCH3 is 1. The first-order valence-corrected chi connectivity index (χ1v) is 7.73. The minimum absolute atomic E-state index is 0.0943. The first-order chi connectivity index (χ1) is 11.2. The zero-order chi connectivity index (χ0) is 16.2. The van der Waals surface area contributed by atoms with Crippen LogP contribution in [0.1, 0.15) is 15.9 Å². The third-order valence-corrected chi connectivity index (χ3v) is 4.01. The van der Waals surface area contributed by atoms with Gasteiger partial charge in [0.15, 0.2) is 0 Å². The SMILES string of the molecule is COc1ccc2c(CCNC(=O)c3ccc(Cl)cc3)c[nH]c2c1. The van der Waals surface area contributed by atoms with Gasteiger partial charge in [-0.25, -0.2) is 0 Å². The molecule has 1 amide bonds. The van der Waals surface area contributed by atoms with Gasteiger partial charge in [0, 0.05) is 40.3 Å². The maximum atomic E-state index is 12.1. The van der Waals surface area contributed by atoms with E-state index in [2.05, 4.69) is 10.3 Å². The Balaban J connectivity index is 1.62. The molecule has 0 spiro atoms. The Morgan fingerprint density at radius 1 is 1.22 bits per heavy atom. The summed E-state index contributed by atoms with van der Waals surface area (Å²) in [6.45, 7) is 0.570. The van der Waals surface area contributed by atoms with Crippen LogP contribution in [0.4, 0.5) is 0 Å². The molecule has 23 heavy (non-hydrogen) atoms. The average Bonchev–Trinajstić information content (AvgIpc) is 2.97. The van der Waals surface area contributed by atoms with E-state index in [-0.39, 0.29) is 5.91 Å². The molecule has 4 nitrogen and oxygen atoms in total. The number of halogens is 1. The zero-order valence-electron chi connectivity index (χ0n) is 12.7. The predicted octanol–water partition coefficient (Wildman–Crippen LogP) is 3.80. The standard InChI is InChI=1S/C18H17ClN2O2/c1-23-15-6-7-16-13(11-21-17(16)10-15)8-9-20-18(22)12-2-4-14(19)5-3-12/h2-7,10-11,21H,8-9H2,1H3,(H,20,22). The predicted molar refractivity (Wildman–Crippen MR) is 92.3 cm³/mol. The zero-order valence-corrected chi connectivity index (χ0v) is 13.5. The average molecular weight is 329 g/mol. The molecule has 2 N–H and O–H groups in total. The number of aromatic amines is 1. The first-order valence-electron chi connectivity index (χ1n) is 7.35. The molecule has 0 aliphatic heterocycles. The van der Waals surface area contributed by atoms with Gasteiger partial charge in [-0.15, -0.1) is 0 Å². The molecule has 1 heterocycles. The number of rotatable bonds is 5. The lowest BCUT2D eigenvalue weighted by Gasteiger charge is -2.05. The number of ether oxygens (including phenoxy) is 1. The lowest BCUT2D eigenvalue weighted by molar-refractivity contribution is 0.0954. The van der Waals surface area contributed by atoms with Crippen molar-refractivity contribution in [1.82, 2.24) is 10.3 Å². The van der Waals surface area contributed by atoms with Crippen molar-refractivity contribution in [3.05, 3.63) is 64.8 Å².